The Kier molecular flexibility index (Phi) is 5.10. The van der Waals surface area contributed by atoms with Gasteiger partial charge in [0.1, 0.15) is 5.69 Å². The van der Waals surface area contributed by atoms with Gasteiger partial charge >= 0.3 is 5.76 Å². The summed E-state index contributed by atoms with van der Waals surface area (Å²) < 4.78 is 50.2. The average Bonchev–Trinajstić information content (AvgIpc) is 3.02. The largest absolute Gasteiger partial charge is 0.347 e. The van der Waals surface area contributed by atoms with E-state index in [1.54, 1.807) is 11.6 Å². The second kappa shape index (κ2) is 7.35. The number of nitrogens with one attached hydrogen (secondary N) is 1. The van der Waals surface area contributed by atoms with E-state index in [0.29, 0.717) is 17.4 Å². The molecule has 0 atom stereocenters. The van der Waals surface area contributed by atoms with Crippen LogP contribution in [0.4, 0.5) is 25.8 Å². The van der Waals surface area contributed by atoms with E-state index in [4.69, 9.17) is 0 Å². The molecule has 0 aliphatic carbocycles. The SMILES string of the molecule is Cc1c(Nc2ccc(S(=O)(=O)C(F)F)cc2[N+](=O)[O-])cnn1-c1ccccc1. The maximum absolute atomic E-state index is 12.7. The fourth-order valence-electron chi connectivity index (χ4n) is 2.55. The fraction of sp³-hybridized carbons (Fsp3) is 0.118. The summed E-state index contributed by atoms with van der Waals surface area (Å²) in [5.41, 5.74) is 1.17. The van der Waals surface area contributed by atoms with E-state index in [2.05, 4.69) is 10.4 Å². The topological polar surface area (TPSA) is 107 Å². The van der Waals surface area contributed by atoms with Crippen LogP contribution in [0.15, 0.2) is 59.6 Å². The summed E-state index contributed by atoms with van der Waals surface area (Å²) in [6.45, 7) is 1.74. The monoisotopic (exact) mass is 408 g/mol. The van der Waals surface area contributed by atoms with Gasteiger partial charge in [-0.05, 0) is 31.2 Å². The van der Waals surface area contributed by atoms with Crippen LogP contribution in [0.1, 0.15) is 5.69 Å². The molecule has 0 radical (unpaired) electrons. The number of para-hydroxylation sites is 1. The van der Waals surface area contributed by atoms with Gasteiger partial charge in [-0.15, -0.1) is 0 Å². The van der Waals surface area contributed by atoms with Crippen LogP contribution in [0.25, 0.3) is 5.69 Å². The third-order valence-electron chi connectivity index (χ3n) is 4.01. The van der Waals surface area contributed by atoms with Crippen LogP contribution in [0.3, 0.4) is 0 Å². The second-order valence-electron chi connectivity index (χ2n) is 5.76. The summed E-state index contributed by atoms with van der Waals surface area (Å²) in [6.07, 6.45) is 1.45. The van der Waals surface area contributed by atoms with E-state index in [1.807, 2.05) is 30.3 Å². The van der Waals surface area contributed by atoms with Crippen molar-refractivity contribution < 1.29 is 22.1 Å². The Morgan fingerprint density at radius 2 is 1.82 bits per heavy atom. The molecule has 1 N–H and O–H groups in total. The van der Waals surface area contributed by atoms with E-state index >= 15 is 0 Å². The van der Waals surface area contributed by atoms with E-state index in [0.717, 1.165) is 17.8 Å². The summed E-state index contributed by atoms with van der Waals surface area (Å²) in [7, 11) is -4.94. The van der Waals surface area contributed by atoms with Crippen LogP contribution in [0, 0.1) is 17.0 Å². The lowest BCUT2D eigenvalue weighted by atomic mass is 10.2. The van der Waals surface area contributed by atoms with E-state index in [-0.39, 0.29) is 5.69 Å². The lowest BCUT2D eigenvalue weighted by molar-refractivity contribution is -0.384. The highest BCUT2D eigenvalue weighted by atomic mass is 32.2. The first-order chi connectivity index (χ1) is 13.2. The van der Waals surface area contributed by atoms with Gasteiger partial charge in [0, 0.05) is 6.07 Å². The summed E-state index contributed by atoms with van der Waals surface area (Å²) in [5.74, 6) is -3.67. The molecule has 11 heteroatoms. The Morgan fingerprint density at radius 3 is 2.43 bits per heavy atom. The first-order valence-corrected chi connectivity index (χ1v) is 9.44. The molecule has 0 saturated heterocycles. The van der Waals surface area contributed by atoms with Crippen LogP contribution in [0.2, 0.25) is 0 Å². The molecule has 8 nitrogen and oxygen atoms in total. The van der Waals surface area contributed by atoms with Gasteiger partial charge in [0.05, 0.1) is 33.1 Å². The van der Waals surface area contributed by atoms with Crippen molar-refractivity contribution in [1.29, 1.82) is 0 Å². The molecule has 0 amide bonds. The number of hydrogen-bond acceptors (Lipinski definition) is 6. The highest BCUT2D eigenvalue weighted by molar-refractivity contribution is 7.91. The summed E-state index contributed by atoms with van der Waals surface area (Å²) in [5, 5.41) is 18.4. The number of hydrogen-bond donors (Lipinski definition) is 1. The zero-order valence-corrected chi connectivity index (χ0v) is 15.2. The minimum absolute atomic E-state index is 0.0473. The number of anilines is 2. The zero-order chi connectivity index (χ0) is 20.5. The number of nitro benzene ring substituents is 1. The Labute approximate surface area is 158 Å². The molecule has 0 bridgehead atoms. The average molecular weight is 408 g/mol. The van der Waals surface area contributed by atoms with Crippen molar-refractivity contribution in [3.05, 3.63) is 70.5 Å². The molecule has 3 aromatic rings. The van der Waals surface area contributed by atoms with Crippen molar-refractivity contribution in [1.82, 2.24) is 9.78 Å². The van der Waals surface area contributed by atoms with Crippen molar-refractivity contribution in [2.45, 2.75) is 17.6 Å². The fourth-order valence-corrected chi connectivity index (χ4v) is 3.29. The summed E-state index contributed by atoms with van der Waals surface area (Å²) in [6, 6.07) is 11.8. The molecule has 1 heterocycles. The lowest BCUT2D eigenvalue weighted by Gasteiger charge is -2.09. The number of alkyl halides is 2. The quantitative estimate of drug-likeness (QED) is 0.491. The molecule has 0 aliphatic rings. The number of sulfone groups is 1. The van der Waals surface area contributed by atoms with Crippen LogP contribution in [-0.4, -0.2) is 28.9 Å². The summed E-state index contributed by atoms with van der Waals surface area (Å²) in [4.78, 5) is 9.67. The number of nitrogens with zero attached hydrogens (tertiary/aromatic N) is 3. The van der Waals surface area contributed by atoms with Gasteiger partial charge in [0.15, 0.2) is 0 Å². The molecule has 1 aromatic heterocycles. The predicted molar refractivity (Wildman–Crippen MR) is 97.9 cm³/mol. The van der Waals surface area contributed by atoms with Gasteiger partial charge in [0.2, 0.25) is 9.84 Å². The Balaban J connectivity index is 2.00. The molecule has 0 unspecified atom stereocenters. The Hall–Kier alpha value is -3.34. The van der Waals surface area contributed by atoms with Crippen molar-refractivity contribution in [2.75, 3.05) is 5.32 Å². The van der Waals surface area contributed by atoms with Crippen LogP contribution in [-0.2, 0) is 9.84 Å². The molecular formula is C17H14F2N4O4S. The summed E-state index contributed by atoms with van der Waals surface area (Å²) >= 11 is 0. The molecule has 2 aromatic carbocycles. The number of benzene rings is 2. The molecular weight excluding hydrogens is 394 g/mol. The smallest absolute Gasteiger partial charge is 0.341 e. The first-order valence-electron chi connectivity index (χ1n) is 7.89. The van der Waals surface area contributed by atoms with E-state index < -0.39 is 31.1 Å². The minimum Gasteiger partial charge on any atom is -0.347 e. The van der Waals surface area contributed by atoms with Gasteiger partial charge in [-0.25, -0.2) is 13.1 Å². The van der Waals surface area contributed by atoms with Gasteiger partial charge < -0.3 is 5.32 Å². The van der Waals surface area contributed by atoms with Crippen molar-refractivity contribution in [3.63, 3.8) is 0 Å². The van der Waals surface area contributed by atoms with Gasteiger partial charge in [0.25, 0.3) is 5.69 Å². The number of nitro groups is 1. The standard InChI is InChI=1S/C17H14F2N4O4S/c1-11-15(10-20-22(11)12-5-3-2-4-6-12)21-14-8-7-13(9-16(14)23(24)25)28(26,27)17(18)19/h2-10,17,21H,1H3. The minimum atomic E-state index is -4.94. The number of rotatable bonds is 6. The molecule has 146 valence electrons. The molecule has 0 fully saturated rings. The maximum Gasteiger partial charge on any atom is 0.341 e. The predicted octanol–water partition coefficient (Wildman–Crippen LogP) is 3.83. The molecule has 0 saturated carbocycles. The second-order valence-corrected chi connectivity index (χ2v) is 7.68. The van der Waals surface area contributed by atoms with E-state index in [1.165, 1.54) is 6.20 Å². The van der Waals surface area contributed by atoms with Crippen LogP contribution < -0.4 is 5.32 Å². The normalized spacial score (nSPS) is 11.6. The van der Waals surface area contributed by atoms with Crippen molar-refractivity contribution in [3.8, 4) is 5.69 Å². The van der Waals surface area contributed by atoms with Crippen molar-refractivity contribution in [2.24, 2.45) is 0 Å². The van der Waals surface area contributed by atoms with Gasteiger partial charge in [-0.3, -0.25) is 10.1 Å². The molecule has 0 spiro atoms. The van der Waals surface area contributed by atoms with Crippen molar-refractivity contribution >= 4 is 26.9 Å². The Bertz CT molecular complexity index is 1130. The number of halogens is 2. The zero-order valence-electron chi connectivity index (χ0n) is 14.4. The van der Waals surface area contributed by atoms with Crippen LogP contribution in [0.5, 0.6) is 0 Å². The number of aromatic nitrogens is 2. The van der Waals surface area contributed by atoms with Gasteiger partial charge in [-0.2, -0.15) is 13.9 Å². The lowest BCUT2D eigenvalue weighted by Crippen LogP contribution is -2.12. The maximum atomic E-state index is 12.7. The third-order valence-corrected chi connectivity index (χ3v) is 5.39. The highest BCUT2D eigenvalue weighted by Gasteiger charge is 2.29. The first kappa shape index (κ1) is 19.4. The highest BCUT2D eigenvalue weighted by Crippen LogP contribution is 2.33. The van der Waals surface area contributed by atoms with Crippen LogP contribution >= 0.6 is 0 Å². The molecule has 28 heavy (non-hydrogen) atoms. The van der Waals surface area contributed by atoms with Gasteiger partial charge in [-0.1, -0.05) is 18.2 Å². The Morgan fingerprint density at radius 1 is 1.14 bits per heavy atom. The molecule has 0 aliphatic heterocycles. The third kappa shape index (κ3) is 3.56. The van der Waals surface area contributed by atoms with E-state index in [9.17, 15) is 27.3 Å². The molecule has 3 rings (SSSR count).